The molecule has 3 atom stereocenters. The van der Waals surface area contributed by atoms with Crippen LogP contribution >= 0.6 is 0 Å². The molecule has 9 nitrogen and oxygen atoms in total. The van der Waals surface area contributed by atoms with Gasteiger partial charge in [0.1, 0.15) is 23.5 Å². The van der Waals surface area contributed by atoms with Gasteiger partial charge in [0.15, 0.2) is 11.1 Å². The maximum Gasteiger partial charge on any atom is 0.277 e. The number of methoxy groups -OCH3 is 1. The van der Waals surface area contributed by atoms with Crippen LogP contribution in [-0.4, -0.2) is 48.4 Å². The third-order valence-electron chi connectivity index (χ3n) is 5.90. The average molecular weight is 445 g/mol. The molecule has 0 bridgehead atoms. The molecule has 0 spiro atoms. The van der Waals surface area contributed by atoms with Gasteiger partial charge in [0, 0.05) is 6.61 Å². The van der Waals surface area contributed by atoms with Crippen LogP contribution in [0.25, 0.3) is 16.7 Å². The van der Waals surface area contributed by atoms with E-state index in [0.717, 1.165) is 5.56 Å². The van der Waals surface area contributed by atoms with Gasteiger partial charge in [0.05, 0.1) is 31.4 Å². The summed E-state index contributed by atoms with van der Waals surface area (Å²) in [6, 6.07) is 16.7. The van der Waals surface area contributed by atoms with Crippen LogP contribution in [-0.2, 0) is 9.53 Å². The van der Waals surface area contributed by atoms with Gasteiger partial charge in [-0.15, -0.1) is 0 Å². The van der Waals surface area contributed by atoms with Crippen molar-refractivity contribution in [2.75, 3.05) is 20.3 Å². The number of carbonyl (C=O) groups is 1. The van der Waals surface area contributed by atoms with Crippen LogP contribution in [0.15, 0.2) is 58.6 Å². The summed E-state index contributed by atoms with van der Waals surface area (Å²) in [5.74, 6) is 0.106. The Morgan fingerprint density at radius 1 is 1.21 bits per heavy atom. The number of hydrazine groups is 1. The minimum Gasteiger partial charge on any atom is -0.494 e. The van der Waals surface area contributed by atoms with E-state index >= 15 is 0 Å². The third-order valence-corrected chi connectivity index (χ3v) is 5.90. The zero-order chi connectivity index (χ0) is 22.9. The molecule has 9 heteroatoms. The van der Waals surface area contributed by atoms with E-state index in [1.54, 1.807) is 25.3 Å². The van der Waals surface area contributed by atoms with Gasteiger partial charge in [-0.3, -0.25) is 4.79 Å². The van der Waals surface area contributed by atoms with Gasteiger partial charge in [-0.1, -0.05) is 36.4 Å². The lowest BCUT2D eigenvalue weighted by Gasteiger charge is -2.35. The number of ether oxygens (including phenoxy) is 2. The van der Waals surface area contributed by atoms with Crippen molar-refractivity contribution < 1.29 is 18.7 Å². The fraction of sp³-hybridized carbons (Fsp3) is 0.292. The summed E-state index contributed by atoms with van der Waals surface area (Å²) in [4.78, 5) is 18.3. The summed E-state index contributed by atoms with van der Waals surface area (Å²) in [6.45, 7) is 2.54. The molecule has 1 aromatic heterocycles. The molecule has 2 aliphatic heterocycles. The minimum absolute atomic E-state index is 0.165. The minimum atomic E-state index is -0.592. The molecule has 2 aliphatic rings. The van der Waals surface area contributed by atoms with E-state index in [-0.39, 0.29) is 29.9 Å². The summed E-state index contributed by atoms with van der Waals surface area (Å²) in [6.07, 6.45) is -0.470. The number of aromatic nitrogens is 1. The molecule has 1 amide bonds. The maximum atomic E-state index is 13.7. The van der Waals surface area contributed by atoms with Crippen LogP contribution in [0.5, 0.6) is 5.75 Å². The van der Waals surface area contributed by atoms with Gasteiger partial charge >= 0.3 is 0 Å². The molecule has 1 fully saturated rings. The van der Waals surface area contributed by atoms with Crippen molar-refractivity contribution in [3.63, 3.8) is 0 Å². The van der Waals surface area contributed by atoms with Crippen molar-refractivity contribution in [3.8, 4) is 11.8 Å². The average Bonchev–Trinajstić information content (AvgIpc) is 3.44. The second kappa shape index (κ2) is 8.58. The highest BCUT2D eigenvalue weighted by Crippen LogP contribution is 2.38. The van der Waals surface area contributed by atoms with Gasteiger partial charge < -0.3 is 19.2 Å². The Hall–Kier alpha value is -3.87. The molecule has 2 aromatic carbocycles. The lowest BCUT2D eigenvalue weighted by atomic mass is 9.90. The smallest absolute Gasteiger partial charge is 0.277 e. The molecule has 3 heterocycles. The van der Waals surface area contributed by atoms with E-state index in [9.17, 15) is 10.1 Å². The van der Waals surface area contributed by atoms with Gasteiger partial charge in [0.25, 0.3) is 5.91 Å². The van der Waals surface area contributed by atoms with Crippen LogP contribution in [0.1, 0.15) is 24.3 Å². The number of carbonyl (C=O) groups excluding carboxylic acids is 1. The summed E-state index contributed by atoms with van der Waals surface area (Å²) in [5, 5.41) is 14.7. The Balaban J connectivity index is 1.61. The first kappa shape index (κ1) is 21.0. The Kier molecular flexibility index (Phi) is 5.46. The number of oxazole rings is 1. The number of benzene rings is 2. The molecule has 33 heavy (non-hydrogen) atoms. The van der Waals surface area contributed by atoms with Crippen LogP contribution in [0, 0.1) is 11.3 Å². The van der Waals surface area contributed by atoms with E-state index in [1.807, 2.05) is 37.3 Å². The lowest BCUT2D eigenvalue weighted by molar-refractivity contribution is -0.130. The molecule has 3 unspecified atom stereocenters. The number of nitrogens with zero attached hydrogens (tertiary/aromatic N) is 3. The SMILES string of the molecule is CCOCC1=C(c2nc3c(OC)cccc3o2)C(=O)N2NC(C#N)C(c3ccccc3)C2N1. The first-order valence-corrected chi connectivity index (χ1v) is 10.7. The standard InChI is InChI=1S/C24H23N5O4/c1-3-32-13-16-20(23-27-21-17(31-2)10-7-11-18(21)33-23)24(30)29-22(26-16)19(15(12-25)28-29)14-8-5-4-6-9-14/h4-11,15,19,22,26,28H,3,13H2,1-2H3. The molecule has 2 N–H and O–H groups in total. The van der Waals surface area contributed by atoms with Crippen molar-refractivity contribution in [1.29, 1.82) is 5.26 Å². The van der Waals surface area contributed by atoms with Crippen molar-refractivity contribution in [3.05, 3.63) is 65.7 Å². The number of para-hydroxylation sites is 1. The van der Waals surface area contributed by atoms with Crippen LogP contribution in [0.2, 0.25) is 0 Å². The van der Waals surface area contributed by atoms with Gasteiger partial charge in [-0.05, 0) is 24.6 Å². The van der Waals surface area contributed by atoms with Crippen molar-refractivity contribution in [2.24, 2.45) is 0 Å². The number of nitrogens with one attached hydrogen (secondary N) is 2. The van der Waals surface area contributed by atoms with E-state index in [0.29, 0.717) is 29.2 Å². The Bertz CT molecular complexity index is 1260. The number of hydrogen-bond donors (Lipinski definition) is 2. The number of fused-ring (bicyclic) bond motifs is 2. The molecule has 0 aliphatic carbocycles. The predicted molar refractivity (Wildman–Crippen MR) is 119 cm³/mol. The number of rotatable bonds is 6. The highest BCUT2D eigenvalue weighted by molar-refractivity contribution is 6.20. The van der Waals surface area contributed by atoms with Gasteiger partial charge in [-0.25, -0.2) is 15.4 Å². The van der Waals surface area contributed by atoms with Crippen LogP contribution in [0.3, 0.4) is 0 Å². The quantitative estimate of drug-likeness (QED) is 0.595. The van der Waals surface area contributed by atoms with Gasteiger partial charge in [-0.2, -0.15) is 5.26 Å². The van der Waals surface area contributed by atoms with Gasteiger partial charge in [0.2, 0.25) is 5.89 Å². The Morgan fingerprint density at radius 2 is 2.03 bits per heavy atom. The lowest BCUT2D eigenvalue weighted by Crippen LogP contribution is -2.55. The summed E-state index contributed by atoms with van der Waals surface area (Å²) in [5.41, 5.74) is 5.88. The second-order valence-corrected chi connectivity index (χ2v) is 7.75. The number of hydrogen-bond acceptors (Lipinski definition) is 8. The second-order valence-electron chi connectivity index (χ2n) is 7.75. The first-order valence-electron chi connectivity index (χ1n) is 10.7. The van der Waals surface area contributed by atoms with Crippen LogP contribution in [0.4, 0.5) is 0 Å². The molecule has 5 rings (SSSR count). The number of nitriles is 1. The van der Waals surface area contributed by atoms with E-state index < -0.39 is 12.2 Å². The zero-order valence-corrected chi connectivity index (χ0v) is 18.2. The Labute approximate surface area is 190 Å². The predicted octanol–water partition coefficient (Wildman–Crippen LogP) is 2.54. The van der Waals surface area contributed by atoms with E-state index in [2.05, 4.69) is 21.8 Å². The van der Waals surface area contributed by atoms with E-state index in [1.165, 1.54) is 5.01 Å². The normalized spacial score (nSPS) is 22.3. The van der Waals surface area contributed by atoms with E-state index in [4.69, 9.17) is 13.9 Å². The third kappa shape index (κ3) is 3.50. The fourth-order valence-corrected chi connectivity index (χ4v) is 4.39. The van der Waals surface area contributed by atoms with Crippen molar-refractivity contribution in [2.45, 2.75) is 25.0 Å². The Morgan fingerprint density at radius 3 is 2.76 bits per heavy atom. The zero-order valence-electron chi connectivity index (χ0n) is 18.2. The molecule has 0 radical (unpaired) electrons. The molecule has 168 valence electrons. The summed E-state index contributed by atoms with van der Waals surface area (Å²) < 4.78 is 17.0. The first-order chi connectivity index (χ1) is 16.2. The summed E-state index contributed by atoms with van der Waals surface area (Å²) in [7, 11) is 1.56. The molecule has 3 aromatic rings. The van der Waals surface area contributed by atoms with Crippen molar-refractivity contribution >= 4 is 22.6 Å². The summed E-state index contributed by atoms with van der Waals surface area (Å²) >= 11 is 0. The van der Waals surface area contributed by atoms with Crippen LogP contribution < -0.4 is 15.5 Å². The topological polar surface area (TPSA) is 113 Å². The van der Waals surface area contributed by atoms with Crippen molar-refractivity contribution in [1.82, 2.24) is 20.7 Å². The highest BCUT2D eigenvalue weighted by atomic mass is 16.5. The monoisotopic (exact) mass is 445 g/mol. The largest absolute Gasteiger partial charge is 0.494 e. The molecular formula is C24H23N5O4. The molecule has 1 saturated heterocycles. The highest BCUT2D eigenvalue weighted by Gasteiger charge is 2.50. The molecular weight excluding hydrogens is 422 g/mol. The molecule has 0 saturated carbocycles. The fourth-order valence-electron chi connectivity index (χ4n) is 4.39. The number of amides is 1. The maximum absolute atomic E-state index is 13.7.